The van der Waals surface area contributed by atoms with Crippen molar-refractivity contribution in [3.8, 4) is 0 Å². The first-order chi connectivity index (χ1) is 13.1. The fraction of sp³-hybridized carbons (Fsp3) is 0.450. The van der Waals surface area contributed by atoms with Crippen molar-refractivity contribution >= 4 is 40.8 Å². The van der Waals surface area contributed by atoms with Gasteiger partial charge in [-0.2, -0.15) is 0 Å². The van der Waals surface area contributed by atoms with Gasteiger partial charge in [-0.05, 0) is 63.2 Å². The lowest BCUT2D eigenvalue weighted by molar-refractivity contribution is -0.115. The molecule has 3 rings (SSSR count). The highest BCUT2D eigenvalue weighted by Crippen LogP contribution is 2.31. The lowest BCUT2D eigenvalue weighted by Crippen LogP contribution is -2.50. The summed E-state index contributed by atoms with van der Waals surface area (Å²) in [6.07, 6.45) is 1.46. The molecule has 0 radical (unpaired) electrons. The summed E-state index contributed by atoms with van der Waals surface area (Å²) in [6, 6.07) is 6.04. The second-order valence-corrected chi connectivity index (χ2v) is 8.88. The second-order valence-electron chi connectivity index (χ2n) is 7.87. The Balaban J connectivity index is 1.75. The number of ether oxygens (including phenoxy) is 1. The van der Waals surface area contributed by atoms with E-state index < -0.39 is 5.60 Å². The van der Waals surface area contributed by atoms with Crippen molar-refractivity contribution < 1.29 is 19.1 Å². The van der Waals surface area contributed by atoms with Gasteiger partial charge in [-0.25, -0.2) is 4.79 Å². The van der Waals surface area contributed by atoms with Gasteiger partial charge in [-0.3, -0.25) is 14.9 Å². The van der Waals surface area contributed by atoms with Crippen LogP contribution in [0.15, 0.2) is 23.1 Å². The van der Waals surface area contributed by atoms with Crippen molar-refractivity contribution in [1.82, 2.24) is 10.2 Å². The lowest BCUT2D eigenvalue weighted by Gasteiger charge is -2.37. The van der Waals surface area contributed by atoms with Gasteiger partial charge in [0.05, 0.1) is 4.91 Å². The molecule has 2 heterocycles. The maximum Gasteiger partial charge on any atom is 0.410 e. The van der Waals surface area contributed by atoms with E-state index in [0.29, 0.717) is 31.1 Å². The predicted octanol–water partition coefficient (Wildman–Crippen LogP) is 3.38. The molecule has 2 aliphatic heterocycles. The zero-order valence-corrected chi connectivity index (χ0v) is 17.4. The summed E-state index contributed by atoms with van der Waals surface area (Å²) in [4.78, 5) is 39.9. The SMILES string of the molecule is Cc1ccc(N2CCN(C(=O)OC(C)(C)C)CC2)c(C=C2SC(=O)NC2=O)c1. The first-order valence-corrected chi connectivity index (χ1v) is 10.0. The Labute approximate surface area is 169 Å². The number of hydrogen-bond acceptors (Lipinski definition) is 6. The van der Waals surface area contributed by atoms with Crippen molar-refractivity contribution in [3.05, 3.63) is 34.2 Å². The molecule has 3 amide bonds. The van der Waals surface area contributed by atoms with Crippen molar-refractivity contribution in [2.24, 2.45) is 0 Å². The van der Waals surface area contributed by atoms with E-state index in [2.05, 4.69) is 10.2 Å². The molecule has 150 valence electrons. The third kappa shape index (κ3) is 4.86. The minimum Gasteiger partial charge on any atom is -0.444 e. The number of imide groups is 1. The number of carbonyl (C=O) groups excluding carboxylic acids is 3. The third-order valence-electron chi connectivity index (χ3n) is 4.38. The van der Waals surface area contributed by atoms with Gasteiger partial charge < -0.3 is 14.5 Å². The van der Waals surface area contributed by atoms with E-state index in [1.54, 1.807) is 11.0 Å². The van der Waals surface area contributed by atoms with E-state index in [0.717, 1.165) is 28.6 Å². The van der Waals surface area contributed by atoms with Crippen LogP contribution in [0.5, 0.6) is 0 Å². The van der Waals surface area contributed by atoms with E-state index in [1.807, 2.05) is 45.9 Å². The van der Waals surface area contributed by atoms with Crippen LogP contribution in [0.25, 0.3) is 6.08 Å². The van der Waals surface area contributed by atoms with Gasteiger partial charge >= 0.3 is 6.09 Å². The van der Waals surface area contributed by atoms with E-state index in [1.165, 1.54) is 0 Å². The largest absolute Gasteiger partial charge is 0.444 e. The molecule has 2 aliphatic rings. The Kier molecular flexibility index (Phi) is 5.69. The number of hydrogen-bond donors (Lipinski definition) is 1. The first-order valence-electron chi connectivity index (χ1n) is 9.21. The van der Waals surface area contributed by atoms with Crippen LogP contribution >= 0.6 is 11.8 Å². The molecule has 2 saturated heterocycles. The Morgan fingerprint density at radius 3 is 2.43 bits per heavy atom. The molecule has 1 aromatic rings. The Morgan fingerprint density at radius 2 is 1.86 bits per heavy atom. The first kappa shape index (κ1) is 20.3. The van der Waals surface area contributed by atoms with Crippen molar-refractivity contribution in [2.45, 2.75) is 33.3 Å². The number of rotatable bonds is 2. The number of anilines is 1. The van der Waals surface area contributed by atoms with Crippen molar-refractivity contribution in [3.63, 3.8) is 0 Å². The molecule has 1 aromatic carbocycles. The fourth-order valence-corrected chi connectivity index (χ4v) is 3.77. The van der Waals surface area contributed by atoms with Gasteiger partial charge in [-0.1, -0.05) is 11.6 Å². The van der Waals surface area contributed by atoms with Gasteiger partial charge in [0.2, 0.25) is 0 Å². The summed E-state index contributed by atoms with van der Waals surface area (Å²) < 4.78 is 5.45. The summed E-state index contributed by atoms with van der Waals surface area (Å²) >= 11 is 0.913. The average Bonchev–Trinajstić information content (AvgIpc) is 2.91. The summed E-state index contributed by atoms with van der Waals surface area (Å²) in [5, 5.41) is 1.93. The number of amides is 3. The number of thioether (sulfide) groups is 1. The molecule has 28 heavy (non-hydrogen) atoms. The molecule has 7 nitrogen and oxygen atoms in total. The number of carbonyl (C=O) groups is 3. The number of benzene rings is 1. The molecule has 0 saturated carbocycles. The summed E-state index contributed by atoms with van der Waals surface area (Å²) in [6.45, 7) is 10.0. The van der Waals surface area contributed by atoms with E-state index in [-0.39, 0.29) is 17.2 Å². The second kappa shape index (κ2) is 7.87. The molecule has 2 fully saturated rings. The average molecular weight is 404 g/mol. The zero-order valence-electron chi connectivity index (χ0n) is 16.6. The van der Waals surface area contributed by atoms with E-state index in [4.69, 9.17) is 4.74 Å². The van der Waals surface area contributed by atoms with Gasteiger partial charge in [0.1, 0.15) is 5.60 Å². The van der Waals surface area contributed by atoms with Crippen LogP contribution in [0.4, 0.5) is 15.3 Å². The highest BCUT2D eigenvalue weighted by molar-refractivity contribution is 8.18. The van der Waals surface area contributed by atoms with E-state index in [9.17, 15) is 14.4 Å². The molecular weight excluding hydrogens is 378 g/mol. The summed E-state index contributed by atoms with van der Waals surface area (Å²) in [7, 11) is 0. The number of aryl methyl sites for hydroxylation is 1. The quantitative estimate of drug-likeness (QED) is 0.763. The monoisotopic (exact) mass is 403 g/mol. The molecule has 0 bridgehead atoms. The third-order valence-corrected chi connectivity index (χ3v) is 5.19. The Hall–Kier alpha value is -2.48. The smallest absolute Gasteiger partial charge is 0.410 e. The Bertz CT molecular complexity index is 836. The minimum atomic E-state index is -0.512. The van der Waals surface area contributed by atoms with Crippen LogP contribution in [0.3, 0.4) is 0 Å². The zero-order chi connectivity index (χ0) is 20.5. The van der Waals surface area contributed by atoms with Crippen molar-refractivity contribution in [2.75, 3.05) is 31.1 Å². The summed E-state index contributed by atoms with van der Waals surface area (Å²) in [5.41, 5.74) is 2.42. The van der Waals surface area contributed by atoms with Gasteiger partial charge in [-0.15, -0.1) is 0 Å². The van der Waals surface area contributed by atoms with Crippen LogP contribution in [0.2, 0.25) is 0 Å². The molecule has 0 aromatic heterocycles. The minimum absolute atomic E-state index is 0.295. The maximum atomic E-state index is 12.3. The number of nitrogens with zero attached hydrogens (tertiary/aromatic N) is 2. The summed E-state index contributed by atoms with van der Waals surface area (Å²) in [5.74, 6) is -0.364. The van der Waals surface area contributed by atoms with Crippen LogP contribution in [-0.4, -0.2) is 53.9 Å². The molecular formula is C20H25N3O4S. The maximum absolute atomic E-state index is 12.3. The lowest BCUT2D eigenvalue weighted by atomic mass is 10.1. The van der Waals surface area contributed by atoms with Crippen molar-refractivity contribution in [1.29, 1.82) is 0 Å². The molecule has 8 heteroatoms. The number of nitrogens with one attached hydrogen (secondary N) is 1. The normalized spacial score (nSPS) is 19.2. The van der Waals surface area contributed by atoms with Crippen LogP contribution < -0.4 is 10.2 Å². The highest BCUT2D eigenvalue weighted by atomic mass is 32.2. The van der Waals surface area contributed by atoms with Crippen LogP contribution in [0, 0.1) is 6.92 Å². The molecule has 1 N–H and O–H groups in total. The standard InChI is InChI=1S/C20H25N3O4S/c1-13-5-6-15(14(11-13)12-16-17(24)21-18(25)28-16)22-7-9-23(10-8-22)19(26)27-20(2,3)4/h5-6,11-12H,7-10H2,1-4H3,(H,21,24,25). The van der Waals surface area contributed by atoms with Crippen LogP contribution in [0.1, 0.15) is 31.9 Å². The molecule has 0 aliphatic carbocycles. The molecule has 0 atom stereocenters. The van der Waals surface area contributed by atoms with Gasteiger partial charge in [0.15, 0.2) is 0 Å². The fourth-order valence-electron chi connectivity index (χ4n) is 3.10. The Morgan fingerprint density at radius 1 is 1.18 bits per heavy atom. The van der Waals surface area contributed by atoms with Crippen LogP contribution in [-0.2, 0) is 9.53 Å². The highest BCUT2D eigenvalue weighted by Gasteiger charge is 2.28. The van der Waals surface area contributed by atoms with E-state index >= 15 is 0 Å². The van der Waals surface area contributed by atoms with Gasteiger partial charge in [0.25, 0.3) is 11.1 Å². The predicted molar refractivity (Wildman–Crippen MR) is 110 cm³/mol. The van der Waals surface area contributed by atoms with Gasteiger partial charge in [0, 0.05) is 31.9 Å². The molecule has 0 unspecified atom stereocenters. The number of piperazine rings is 1. The molecule has 0 spiro atoms. The topological polar surface area (TPSA) is 79.0 Å².